The van der Waals surface area contributed by atoms with Crippen LogP contribution in [0.1, 0.15) is 18.4 Å². The Balaban J connectivity index is 0.000000423. The summed E-state index contributed by atoms with van der Waals surface area (Å²) in [6.45, 7) is 3.21. The maximum atomic E-state index is 12.2. The molecule has 0 radical (unpaired) electrons. The van der Waals surface area contributed by atoms with Crippen molar-refractivity contribution in [2.45, 2.75) is 32.0 Å². The van der Waals surface area contributed by atoms with Crippen LogP contribution in [0.3, 0.4) is 0 Å². The number of halogens is 4. The van der Waals surface area contributed by atoms with E-state index in [1.807, 2.05) is 13.0 Å². The molecule has 3 rings (SSSR count). The van der Waals surface area contributed by atoms with Crippen molar-refractivity contribution in [3.8, 4) is 5.88 Å². The van der Waals surface area contributed by atoms with Gasteiger partial charge in [0.1, 0.15) is 6.10 Å². The van der Waals surface area contributed by atoms with Crippen LogP contribution in [-0.2, 0) is 4.79 Å². The maximum absolute atomic E-state index is 12.2. The molecule has 0 unspecified atom stereocenters. The Labute approximate surface area is 181 Å². The van der Waals surface area contributed by atoms with E-state index >= 15 is 0 Å². The molecule has 2 aromatic rings. The van der Waals surface area contributed by atoms with Crippen LogP contribution in [0.4, 0.5) is 23.7 Å². The molecule has 0 saturated carbocycles. The van der Waals surface area contributed by atoms with Gasteiger partial charge in [-0.2, -0.15) is 13.2 Å². The number of alkyl halides is 3. The minimum absolute atomic E-state index is 0.0584. The van der Waals surface area contributed by atoms with Crippen LogP contribution in [0, 0.1) is 6.92 Å². The molecule has 2 amide bonds. The van der Waals surface area contributed by atoms with Gasteiger partial charge in [-0.25, -0.2) is 14.6 Å². The number of nitrogens with zero attached hydrogens (tertiary/aromatic N) is 3. The zero-order valence-electron chi connectivity index (χ0n) is 16.4. The van der Waals surface area contributed by atoms with Gasteiger partial charge >= 0.3 is 18.2 Å². The van der Waals surface area contributed by atoms with Crippen molar-refractivity contribution < 1.29 is 32.6 Å². The highest BCUT2D eigenvalue weighted by molar-refractivity contribution is 6.31. The smallest absolute Gasteiger partial charge is 0.475 e. The topological polar surface area (TPSA) is 105 Å². The number of aromatic nitrogens is 2. The van der Waals surface area contributed by atoms with E-state index in [0.717, 1.165) is 24.1 Å². The van der Waals surface area contributed by atoms with Crippen molar-refractivity contribution in [2.24, 2.45) is 0 Å². The van der Waals surface area contributed by atoms with Crippen LogP contribution in [0.25, 0.3) is 0 Å². The molecule has 8 nitrogen and oxygen atoms in total. The van der Waals surface area contributed by atoms with Gasteiger partial charge in [-0.15, -0.1) is 0 Å². The van der Waals surface area contributed by atoms with E-state index in [9.17, 15) is 18.0 Å². The summed E-state index contributed by atoms with van der Waals surface area (Å²) >= 11 is 5.97. The second kappa shape index (κ2) is 10.8. The fraction of sp³-hybridized carbons (Fsp3) is 0.368. The quantitative estimate of drug-likeness (QED) is 0.713. The molecular weight excluding hydrogens is 441 g/mol. The Kier molecular flexibility index (Phi) is 8.43. The van der Waals surface area contributed by atoms with Crippen LogP contribution in [-0.4, -0.2) is 57.3 Å². The number of carboxylic acid groups (broad SMARTS) is 1. The zero-order chi connectivity index (χ0) is 23.0. The summed E-state index contributed by atoms with van der Waals surface area (Å²) in [6, 6.07) is 5.27. The van der Waals surface area contributed by atoms with Crippen molar-refractivity contribution in [3.05, 3.63) is 47.4 Å². The molecule has 2 N–H and O–H groups in total. The highest BCUT2D eigenvalue weighted by atomic mass is 35.5. The molecule has 1 saturated heterocycles. The molecule has 0 atom stereocenters. The Bertz CT molecular complexity index is 891. The fourth-order valence-corrected chi connectivity index (χ4v) is 2.67. The summed E-state index contributed by atoms with van der Waals surface area (Å²) in [5, 5.41) is 10.6. The van der Waals surface area contributed by atoms with Gasteiger partial charge in [-0.1, -0.05) is 11.6 Å². The van der Waals surface area contributed by atoms with Crippen molar-refractivity contribution in [1.29, 1.82) is 0 Å². The van der Waals surface area contributed by atoms with E-state index in [4.69, 9.17) is 26.2 Å². The van der Waals surface area contributed by atoms with Crippen molar-refractivity contribution in [1.82, 2.24) is 14.9 Å². The third-order valence-corrected chi connectivity index (χ3v) is 4.61. The first-order chi connectivity index (χ1) is 14.6. The average molecular weight is 461 g/mol. The number of anilines is 1. The van der Waals surface area contributed by atoms with Crippen LogP contribution in [0.15, 0.2) is 36.8 Å². The van der Waals surface area contributed by atoms with E-state index in [1.54, 1.807) is 35.6 Å². The van der Waals surface area contributed by atoms with Crippen molar-refractivity contribution in [2.75, 3.05) is 18.4 Å². The maximum Gasteiger partial charge on any atom is 0.490 e. The number of amides is 2. The predicted molar refractivity (Wildman–Crippen MR) is 106 cm³/mol. The molecule has 0 aromatic carbocycles. The normalized spacial score (nSPS) is 14.3. The number of hydrogen-bond donors (Lipinski definition) is 2. The monoisotopic (exact) mass is 460 g/mol. The second-order valence-electron chi connectivity index (χ2n) is 6.54. The SMILES string of the molecule is Cc1cc(OC2CCN(C(=O)Nc3ccncc3)CC2)ncc1Cl.O=C(O)C(F)(F)F. The Hall–Kier alpha value is -3.08. The molecule has 31 heavy (non-hydrogen) atoms. The molecule has 1 fully saturated rings. The number of aliphatic carboxylic acids is 1. The van der Waals surface area contributed by atoms with E-state index in [-0.39, 0.29) is 12.1 Å². The largest absolute Gasteiger partial charge is 0.490 e. The van der Waals surface area contributed by atoms with E-state index < -0.39 is 12.1 Å². The molecule has 1 aliphatic heterocycles. The molecule has 168 valence electrons. The molecule has 12 heteroatoms. The molecule has 0 aliphatic carbocycles. The number of piperidine rings is 1. The lowest BCUT2D eigenvalue weighted by Gasteiger charge is -2.32. The third-order valence-electron chi connectivity index (χ3n) is 4.21. The van der Waals surface area contributed by atoms with Gasteiger partial charge in [0, 0.05) is 56.3 Å². The Morgan fingerprint density at radius 1 is 1.26 bits per heavy atom. The van der Waals surface area contributed by atoms with Gasteiger partial charge in [-0.3, -0.25) is 4.98 Å². The average Bonchev–Trinajstić information content (AvgIpc) is 2.72. The van der Waals surface area contributed by atoms with Gasteiger partial charge in [0.15, 0.2) is 0 Å². The molecule has 0 bridgehead atoms. The highest BCUT2D eigenvalue weighted by Crippen LogP contribution is 2.22. The number of hydrogen-bond acceptors (Lipinski definition) is 5. The molecule has 1 aliphatic rings. The van der Waals surface area contributed by atoms with Gasteiger partial charge in [0.2, 0.25) is 5.88 Å². The van der Waals surface area contributed by atoms with Gasteiger partial charge in [-0.05, 0) is 24.6 Å². The molecule has 2 aromatic heterocycles. The van der Waals surface area contributed by atoms with Crippen LogP contribution in [0.2, 0.25) is 5.02 Å². The lowest BCUT2D eigenvalue weighted by Crippen LogP contribution is -2.43. The molecule has 3 heterocycles. The number of nitrogens with one attached hydrogen (secondary N) is 1. The molecular formula is C19H20ClF3N4O4. The first-order valence-corrected chi connectivity index (χ1v) is 9.49. The van der Waals surface area contributed by atoms with Gasteiger partial charge in [0.25, 0.3) is 0 Å². The van der Waals surface area contributed by atoms with Crippen LogP contribution >= 0.6 is 11.6 Å². The number of ether oxygens (including phenoxy) is 1. The summed E-state index contributed by atoms with van der Waals surface area (Å²) in [5.74, 6) is -2.18. The predicted octanol–water partition coefficient (Wildman–Crippen LogP) is 4.15. The Morgan fingerprint density at radius 3 is 2.35 bits per heavy atom. The van der Waals surface area contributed by atoms with E-state index in [0.29, 0.717) is 24.0 Å². The fourth-order valence-electron chi connectivity index (χ4n) is 2.56. The first kappa shape index (κ1) is 24.2. The highest BCUT2D eigenvalue weighted by Gasteiger charge is 2.38. The number of carboxylic acids is 1. The first-order valence-electron chi connectivity index (χ1n) is 9.11. The standard InChI is InChI=1S/C17H19ClN4O2.C2HF3O2/c1-12-10-16(20-11-15(12)18)24-14-4-8-22(9-5-14)17(23)21-13-2-6-19-7-3-13;3-2(4,5)1(6)7/h2-3,6-7,10-11,14H,4-5,8-9H2,1H3,(H,19,21,23);(H,6,7). The number of aryl methyl sites for hydroxylation is 1. The van der Waals surface area contributed by atoms with Gasteiger partial charge in [0.05, 0.1) is 5.02 Å². The molecule has 0 spiro atoms. The lowest BCUT2D eigenvalue weighted by molar-refractivity contribution is -0.192. The minimum atomic E-state index is -5.08. The summed E-state index contributed by atoms with van der Waals surface area (Å²) < 4.78 is 37.6. The van der Waals surface area contributed by atoms with E-state index in [1.165, 1.54) is 0 Å². The zero-order valence-corrected chi connectivity index (χ0v) is 17.2. The number of carbonyl (C=O) groups is 2. The van der Waals surface area contributed by atoms with Crippen LogP contribution < -0.4 is 10.1 Å². The van der Waals surface area contributed by atoms with Crippen molar-refractivity contribution >= 4 is 29.3 Å². The third kappa shape index (κ3) is 7.93. The number of likely N-dealkylation sites (tertiary alicyclic amines) is 1. The number of rotatable bonds is 3. The summed E-state index contributed by atoms with van der Waals surface area (Å²) in [7, 11) is 0. The van der Waals surface area contributed by atoms with Crippen molar-refractivity contribution in [3.63, 3.8) is 0 Å². The lowest BCUT2D eigenvalue weighted by atomic mass is 10.1. The summed E-state index contributed by atoms with van der Waals surface area (Å²) in [4.78, 5) is 31.1. The summed E-state index contributed by atoms with van der Waals surface area (Å²) in [6.07, 6.45) is 1.42. The Morgan fingerprint density at radius 2 is 1.84 bits per heavy atom. The van der Waals surface area contributed by atoms with Gasteiger partial charge < -0.3 is 20.1 Å². The van der Waals surface area contributed by atoms with Crippen LogP contribution in [0.5, 0.6) is 5.88 Å². The summed E-state index contributed by atoms with van der Waals surface area (Å²) in [5.41, 5.74) is 1.69. The number of urea groups is 1. The number of carbonyl (C=O) groups excluding carboxylic acids is 1. The minimum Gasteiger partial charge on any atom is -0.475 e. The second-order valence-corrected chi connectivity index (χ2v) is 6.95. The van der Waals surface area contributed by atoms with E-state index in [2.05, 4.69) is 15.3 Å². The number of pyridine rings is 2.